The fourth-order valence-corrected chi connectivity index (χ4v) is 1.55. The van der Waals surface area contributed by atoms with Gasteiger partial charge in [0.25, 0.3) is 5.91 Å². The van der Waals surface area contributed by atoms with Crippen LogP contribution in [-0.4, -0.2) is 28.0 Å². The third-order valence-electron chi connectivity index (χ3n) is 2.22. The Balaban J connectivity index is 2.21. The summed E-state index contributed by atoms with van der Waals surface area (Å²) < 4.78 is 5.00. The summed E-state index contributed by atoms with van der Waals surface area (Å²) in [6.45, 7) is 1.78. The molecule has 0 saturated carbocycles. The van der Waals surface area contributed by atoms with Gasteiger partial charge in [0.05, 0.1) is 7.11 Å². The minimum atomic E-state index is -0.435. The predicted molar refractivity (Wildman–Crippen MR) is 70.5 cm³/mol. The van der Waals surface area contributed by atoms with Crippen LogP contribution in [0.25, 0.3) is 0 Å². The van der Waals surface area contributed by atoms with Crippen molar-refractivity contribution in [3.63, 3.8) is 0 Å². The van der Waals surface area contributed by atoms with E-state index < -0.39 is 5.91 Å². The highest BCUT2D eigenvalue weighted by Crippen LogP contribution is 2.13. The number of hydrogen-bond acceptors (Lipinski definition) is 5. The molecule has 7 heteroatoms. The van der Waals surface area contributed by atoms with E-state index in [4.69, 9.17) is 16.3 Å². The molecular weight excluding hydrogens is 268 g/mol. The molecule has 2 rings (SSSR count). The third kappa shape index (κ3) is 3.38. The molecule has 2 aromatic heterocycles. The van der Waals surface area contributed by atoms with E-state index in [1.54, 1.807) is 19.1 Å². The Hall–Kier alpha value is -2.21. The van der Waals surface area contributed by atoms with Gasteiger partial charge in [-0.25, -0.2) is 4.98 Å². The first kappa shape index (κ1) is 13.2. The Morgan fingerprint density at radius 2 is 2.16 bits per heavy atom. The fraction of sp³-hybridized carbons (Fsp3) is 0.167. The summed E-state index contributed by atoms with van der Waals surface area (Å²) in [5, 5.41) is 2.97. The molecular formula is C12H11ClN4O2. The number of ether oxygens (including phenoxy) is 1. The zero-order valence-corrected chi connectivity index (χ0v) is 11.1. The van der Waals surface area contributed by atoms with Crippen molar-refractivity contribution in [1.82, 2.24) is 15.0 Å². The molecule has 0 spiro atoms. The zero-order valence-electron chi connectivity index (χ0n) is 10.3. The van der Waals surface area contributed by atoms with Crippen LogP contribution in [0.4, 0.5) is 5.95 Å². The standard InChI is InChI=1S/C12H11ClN4O2/c1-7-5-10(19-2)16-12(15-7)17-11(18)9-6-8(13)3-4-14-9/h3-6H,1-2H3,(H,15,16,17,18). The predicted octanol–water partition coefficient (Wildman–Crippen LogP) is 2.09. The number of hydrogen-bond donors (Lipinski definition) is 1. The number of rotatable bonds is 3. The maximum Gasteiger partial charge on any atom is 0.276 e. The molecule has 0 aromatic carbocycles. The number of anilines is 1. The monoisotopic (exact) mass is 278 g/mol. The summed E-state index contributed by atoms with van der Waals surface area (Å²) in [4.78, 5) is 23.9. The SMILES string of the molecule is COc1cc(C)nc(NC(=O)c2cc(Cl)ccn2)n1. The molecule has 1 amide bonds. The van der Waals surface area contributed by atoms with E-state index in [2.05, 4.69) is 20.3 Å². The molecule has 0 atom stereocenters. The number of pyridine rings is 1. The molecule has 0 saturated heterocycles. The smallest absolute Gasteiger partial charge is 0.276 e. The number of halogens is 1. The normalized spacial score (nSPS) is 10.1. The molecule has 0 fully saturated rings. The van der Waals surface area contributed by atoms with Crippen molar-refractivity contribution in [1.29, 1.82) is 0 Å². The number of methoxy groups -OCH3 is 1. The molecule has 0 bridgehead atoms. The highest BCUT2D eigenvalue weighted by molar-refractivity contribution is 6.30. The topological polar surface area (TPSA) is 77.0 Å². The van der Waals surface area contributed by atoms with Gasteiger partial charge in [0, 0.05) is 23.0 Å². The van der Waals surface area contributed by atoms with Crippen LogP contribution in [-0.2, 0) is 0 Å². The van der Waals surface area contributed by atoms with Gasteiger partial charge < -0.3 is 4.74 Å². The molecule has 0 aliphatic heterocycles. The van der Waals surface area contributed by atoms with Crippen LogP contribution >= 0.6 is 11.6 Å². The lowest BCUT2D eigenvalue weighted by Gasteiger charge is -2.06. The van der Waals surface area contributed by atoms with Crippen LogP contribution < -0.4 is 10.1 Å². The fourth-order valence-electron chi connectivity index (χ4n) is 1.39. The maximum atomic E-state index is 11.9. The molecule has 2 aromatic rings. The van der Waals surface area contributed by atoms with Crippen molar-refractivity contribution in [3.05, 3.63) is 40.8 Å². The van der Waals surface area contributed by atoms with Crippen LogP contribution in [0, 0.1) is 6.92 Å². The van der Waals surface area contributed by atoms with Gasteiger partial charge in [-0.05, 0) is 19.1 Å². The summed E-state index contributed by atoms with van der Waals surface area (Å²) >= 11 is 5.79. The molecule has 6 nitrogen and oxygen atoms in total. The first-order valence-electron chi connectivity index (χ1n) is 5.41. The molecule has 98 valence electrons. The van der Waals surface area contributed by atoms with E-state index in [1.165, 1.54) is 19.4 Å². The van der Waals surface area contributed by atoms with E-state index in [0.717, 1.165) is 0 Å². The van der Waals surface area contributed by atoms with Gasteiger partial charge in [0.1, 0.15) is 5.69 Å². The van der Waals surface area contributed by atoms with Gasteiger partial charge in [-0.3, -0.25) is 15.1 Å². The largest absolute Gasteiger partial charge is 0.481 e. The van der Waals surface area contributed by atoms with Crippen LogP contribution in [0.3, 0.4) is 0 Å². The number of aromatic nitrogens is 3. The number of carbonyl (C=O) groups excluding carboxylic acids is 1. The lowest BCUT2D eigenvalue weighted by atomic mass is 10.3. The van der Waals surface area contributed by atoms with Crippen molar-refractivity contribution in [2.45, 2.75) is 6.92 Å². The van der Waals surface area contributed by atoms with Gasteiger partial charge in [-0.15, -0.1) is 0 Å². The van der Waals surface area contributed by atoms with Crippen molar-refractivity contribution in [2.24, 2.45) is 0 Å². The van der Waals surface area contributed by atoms with Crippen molar-refractivity contribution < 1.29 is 9.53 Å². The second-order valence-electron chi connectivity index (χ2n) is 3.69. The van der Waals surface area contributed by atoms with Crippen LogP contribution in [0.5, 0.6) is 5.88 Å². The van der Waals surface area contributed by atoms with Crippen LogP contribution in [0.15, 0.2) is 24.4 Å². The second kappa shape index (κ2) is 5.62. The average molecular weight is 279 g/mol. The molecule has 0 aliphatic carbocycles. The van der Waals surface area contributed by atoms with Gasteiger partial charge in [0.15, 0.2) is 0 Å². The Bertz CT molecular complexity index is 618. The first-order valence-corrected chi connectivity index (χ1v) is 5.79. The van der Waals surface area contributed by atoms with Crippen molar-refractivity contribution in [3.8, 4) is 5.88 Å². The second-order valence-corrected chi connectivity index (χ2v) is 4.13. The first-order chi connectivity index (χ1) is 9.08. The highest BCUT2D eigenvalue weighted by Gasteiger charge is 2.11. The Kier molecular flexibility index (Phi) is 3.91. The van der Waals surface area contributed by atoms with Gasteiger partial charge in [-0.2, -0.15) is 4.98 Å². The quantitative estimate of drug-likeness (QED) is 0.930. The molecule has 19 heavy (non-hydrogen) atoms. The summed E-state index contributed by atoms with van der Waals surface area (Å²) in [7, 11) is 1.49. The number of amides is 1. The number of aryl methyl sites for hydroxylation is 1. The molecule has 1 N–H and O–H groups in total. The summed E-state index contributed by atoms with van der Waals surface area (Å²) in [6, 6.07) is 4.71. The highest BCUT2D eigenvalue weighted by atomic mass is 35.5. The summed E-state index contributed by atoms with van der Waals surface area (Å²) in [6.07, 6.45) is 1.45. The zero-order chi connectivity index (χ0) is 13.8. The van der Waals surface area contributed by atoms with E-state index >= 15 is 0 Å². The summed E-state index contributed by atoms with van der Waals surface area (Å²) in [5.74, 6) is 0.0978. The van der Waals surface area contributed by atoms with Crippen molar-refractivity contribution in [2.75, 3.05) is 12.4 Å². The van der Waals surface area contributed by atoms with E-state index in [-0.39, 0.29) is 11.6 Å². The minimum absolute atomic E-state index is 0.156. The maximum absolute atomic E-state index is 11.9. The minimum Gasteiger partial charge on any atom is -0.481 e. The van der Waals surface area contributed by atoms with E-state index in [0.29, 0.717) is 16.6 Å². The van der Waals surface area contributed by atoms with E-state index in [9.17, 15) is 4.79 Å². The Morgan fingerprint density at radius 1 is 1.37 bits per heavy atom. The molecule has 0 radical (unpaired) electrons. The van der Waals surface area contributed by atoms with Crippen LogP contribution in [0.1, 0.15) is 16.2 Å². The van der Waals surface area contributed by atoms with Gasteiger partial charge in [-0.1, -0.05) is 11.6 Å². The summed E-state index contributed by atoms with van der Waals surface area (Å²) in [5.41, 5.74) is 0.873. The third-order valence-corrected chi connectivity index (χ3v) is 2.45. The van der Waals surface area contributed by atoms with Crippen molar-refractivity contribution >= 4 is 23.5 Å². The molecule has 0 unspecified atom stereocenters. The van der Waals surface area contributed by atoms with Crippen LogP contribution in [0.2, 0.25) is 5.02 Å². The lowest BCUT2D eigenvalue weighted by molar-refractivity contribution is 0.102. The van der Waals surface area contributed by atoms with Gasteiger partial charge >= 0.3 is 0 Å². The Labute approximate surface area is 114 Å². The van der Waals surface area contributed by atoms with E-state index in [1.807, 2.05) is 0 Å². The molecule has 0 aliphatic rings. The number of carbonyl (C=O) groups is 1. The Morgan fingerprint density at radius 3 is 2.84 bits per heavy atom. The lowest BCUT2D eigenvalue weighted by Crippen LogP contribution is -2.16. The average Bonchev–Trinajstić information content (AvgIpc) is 2.38. The number of nitrogens with one attached hydrogen (secondary N) is 1. The van der Waals surface area contributed by atoms with Gasteiger partial charge in [0.2, 0.25) is 11.8 Å². The molecule has 2 heterocycles. The number of nitrogens with zero attached hydrogens (tertiary/aromatic N) is 3.